The average Bonchev–Trinajstić information content (AvgIpc) is 3.41. The lowest BCUT2D eigenvalue weighted by Gasteiger charge is -2.10. The molecule has 1 saturated carbocycles. The fourth-order valence-electron chi connectivity index (χ4n) is 2.22. The molecule has 3 rings (SSSR count). The fourth-order valence-corrected chi connectivity index (χ4v) is 2.86. The summed E-state index contributed by atoms with van der Waals surface area (Å²) in [6.45, 7) is 0. The maximum atomic E-state index is 12.4. The molecule has 0 bridgehead atoms. The number of hydrogen-bond donors (Lipinski definition) is 3. The second-order valence-electron chi connectivity index (χ2n) is 5.75. The van der Waals surface area contributed by atoms with E-state index in [-0.39, 0.29) is 11.9 Å². The van der Waals surface area contributed by atoms with Crippen LogP contribution in [0.4, 0.5) is 16.2 Å². The molecule has 2 aromatic rings. The highest BCUT2D eigenvalue weighted by molar-refractivity contribution is 7.98. The summed E-state index contributed by atoms with van der Waals surface area (Å²) < 4.78 is 0. The van der Waals surface area contributed by atoms with Crippen molar-refractivity contribution in [3.63, 3.8) is 0 Å². The number of carbonyl (C=O) groups is 2. The van der Waals surface area contributed by atoms with Gasteiger partial charge in [0.15, 0.2) is 0 Å². The van der Waals surface area contributed by atoms with E-state index in [9.17, 15) is 9.59 Å². The number of anilines is 2. The second-order valence-corrected chi connectivity index (χ2v) is 7.04. The van der Waals surface area contributed by atoms with Gasteiger partial charge >= 0.3 is 6.03 Å². The minimum atomic E-state index is -0.270. The normalized spacial score (nSPS) is 13.2. The predicted molar refractivity (Wildman–Crippen MR) is 103 cm³/mol. The van der Waals surface area contributed by atoms with Gasteiger partial charge in [-0.25, -0.2) is 4.79 Å². The lowest BCUT2D eigenvalue weighted by molar-refractivity contribution is 0.102. The molecule has 3 amide bonds. The van der Waals surface area contributed by atoms with Gasteiger partial charge in [0.2, 0.25) is 0 Å². The van der Waals surface area contributed by atoms with E-state index in [1.807, 2.05) is 12.3 Å². The number of halogens is 1. The largest absolute Gasteiger partial charge is 0.335 e. The molecule has 25 heavy (non-hydrogen) atoms. The summed E-state index contributed by atoms with van der Waals surface area (Å²) in [7, 11) is 0. The van der Waals surface area contributed by atoms with Crippen molar-refractivity contribution in [2.75, 3.05) is 16.9 Å². The standard InChI is InChI=1S/C18H18ClN3O2S/c1-25-14-8-9-16(19)15(10-14)17(23)20-11-2-4-12(5-3-11)21-18(24)22-13-6-7-13/h2-5,8-10,13H,6-7H2,1H3,(H,20,23)(H2,21,22,24). The van der Waals surface area contributed by atoms with Gasteiger partial charge in [0.05, 0.1) is 10.6 Å². The molecule has 2 aromatic carbocycles. The summed E-state index contributed by atoms with van der Waals surface area (Å²) in [5.41, 5.74) is 1.72. The molecule has 0 atom stereocenters. The van der Waals surface area contributed by atoms with Gasteiger partial charge in [-0.05, 0) is 61.6 Å². The highest BCUT2D eigenvalue weighted by atomic mass is 35.5. The van der Waals surface area contributed by atoms with Crippen molar-refractivity contribution in [3.05, 3.63) is 53.1 Å². The molecule has 0 spiro atoms. The van der Waals surface area contributed by atoms with Crippen LogP contribution in [0.5, 0.6) is 0 Å². The van der Waals surface area contributed by atoms with Gasteiger partial charge in [-0.2, -0.15) is 0 Å². The van der Waals surface area contributed by atoms with E-state index in [2.05, 4.69) is 16.0 Å². The number of hydrogen-bond acceptors (Lipinski definition) is 3. The van der Waals surface area contributed by atoms with Crippen molar-refractivity contribution >= 4 is 46.7 Å². The second kappa shape index (κ2) is 7.80. The Kier molecular flexibility index (Phi) is 5.50. The summed E-state index contributed by atoms with van der Waals surface area (Å²) in [4.78, 5) is 25.1. The Labute approximate surface area is 155 Å². The molecule has 1 aliphatic carbocycles. The maximum Gasteiger partial charge on any atom is 0.319 e. The topological polar surface area (TPSA) is 70.2 Å². The van der Waals surface area contributed by atoms with E-state index in [1.165, 1.54) is 0 Å². The van der Waals surface area contributed by atoms with Crippen LogP contribution in [-0.2, 0) is 0 Å². The molecule has 0 saturated heterocycles. The number of carbonyl (C=O) groups excluding carboxylic acids is 2. The SMILES string of the molecule is CSc1ccc(Cl)c(C(=O)Nc2ccc(NC(=O)NC3CC3)cc2)c1. The van der Waals surface area contributed by atoms with E-state index in [4.69, 9.17) is 11.6 Å². The zero-order chi connectivity index (χ0) is 17.8. The van der Waals surface area contributed by atoms with Crippen LogP contribution in [0.15, 0.2) is 47.4 Å². The zero-order valence-electron chi connectivity index (χ0n) is 13.6. The van der Waals surface area contributed by atoms with Crippen LogP contribution in [0.3, 0.4) is 0 Å². The quantitative estimate of drug-likeness (QED) is 0.669. The Morgan fingerprint density at radius 1 is 1.04 bits per heavy atom. The number of rotatable bonds is 5. The van der Waals surface area contributed by atoms with Crippen LogP contribution in [0.1, 0.15) is 23.2 Å². The highest BCUT2D eigenvalue weighted by Crippen LogP contribution is 2.24. The number of urea groups is 1. The Balaban J connectivity index is 1.62. The maximum absolute atomic E-state index is 12.4. The molecule has 3 N–H and O–H groups in total. The van der Waals surface area contributed by atoms with Crippen molar-refractivity contribution in [1.29, 1.82) is 0 Å². The number of thioether (sulfide) groups is 1. The lowest BCUT2D eigenvalue weighted by atomic mass is 10.2. The van der Waals surface area contributed by atoms with E-state index in [1.54, 1.807) is 48.2 Å². The molecular formula is C18H18ClN3O2S. The molecule has 0 unspecified atom stereocenters. The van der Waals surface area contributed by atoms with Crippen LogP contribution in [0, 0.1) is 0 Å². The lowest BCUT2D eigenvalue weighted by Crippen LogP contribution is -2.30. The van der Waals surface area contributed by atoms with Gasteiger partial charge in [0.1, 0.15) is 0 Å². The Morgan fingerprint density at radius 3 is 2.28 bits per heavy atom. The summed E-state index contributed by atoms with van der Waals surface area (Å²) in [6, 6.07) is 12.4. The van der Waals surface area contributed by atoms with Gasteiger partial charge in [-0.3, -0.25) is 4.79 Å². The van der Waals surface area contributed by atoms with E-state index < -0.39 is 0 Å². The first-order chi connectivity index (χ1) is 12.0. The first-order valence-corrected chi connectivity index (χ1v) is 9.48. The van der Waals surface area contributed by atoms with E-state index >= 15 is 0 Å². The molecule has 0 heterocycles. The third kappa shape index (κ3) is 4.90. The van der Waals surface area contributed by atoms with Gasteiger partial charge in [-0.15, -0.1) is 11.8 Å². The van der Waals surface area contributed by atoms with Crippen molar-refractivity contribution in [2.45, 2.75) is 23.8 Å². The van der Waals surface area contributed by atoms with Gasteiger partial charge < -0.3 is 16.0 Å². The van der Waals surface area contributed by atoms with Crippen molar-refractivity contribution in [1.82, 2.24) is 5.32 Å². The Hall–Kier alpha value is -2.18. The molecular weight excluding hydrogens is 358 g/mol. The fraction of sp³-hybridized carbons (Fsp3) is 0.222. The molecule has 0 aliphatic heterocycles. The average molecular weight is 376 g/mol. The number of benzene rings is 2. The van der Waals surface area contributed by atoms with E-state index in [0.29, 0.717) is 28.0 Å². The summed E-state index contributed by atoms with van der Waals surface area (Å²) in [6.07, 6.45) is 4.02. The molecule has 5 nitrogen and oxygen atoms in total. The molecule has 1 aliphatic rings. The van der Waals surface area contributed by atoms with Crippen LogP contribution in [0.25, 0.3) is 0 Å². The molecule has 0 radical (unpaired) electrons. The van der Waals surface area contributed by atoms with Crippen LogP contribution < -0.4 is 16.0 Å². The van der Waals surface area contributed by atoms with Crippen molar-refractivity contribution < 1.29 is 9.59 Å². The Morgan fingerprint density at radius 2 is 1.68 bits per heavy atom. The van der Waals surface area contributed by atoms with Gasteiger partial charge in [0.25, 0.3) is 5.91 Å². The minimum Gasteiger partial charge on any atom is -0.335 e. The molecule has 1 fully saturated rings. The molecule has 0 aromatic heterocycles. The third-order valence-corrected chi connectivity index (χ3v) is 4.79. The van der Waals surface area contributed by atoms with Crippen molar-refractivity contribution in [3.8, 4) is 0 Å². The zero-order valence-corrected chi connectivity index (χ0v) is 15.2. The molecule has 130 valence electrons. The van der Waals surface area contributed by atoms with Crippen molar-refractivity contribution in [2.24, 2.45) is 0 Å². The predicted octanol–water partition coefficient (Wildman–Crippen LogP) is 4.60. The monoisotopic (exact) mass is 375 g/mol. The smallest absolute Gasteiger partial charge is 0.319 e. The van der Waals surface area contributed by atoms with Crippen LogP contribution >= 0.6 is 23.4 Å². The van der Waals surface area contributed by atoms with Crippen LogP contribution in [0.2, 0.25) is 5.02 Å². The summed E-state index contributed by atoms with van der Waals surface area (Å²) >= 11 is 7.67. The first kappa shape index (κ1) is 17.6. The van der Waals surface area contributed by atoms with E-state index in [0.717, 1.165) is 17.7 Å². The first-order valence-electron chi connectivity index (χ1n) is 7.87. The number of amides is 3. The summed E-state index contributed by atoms with van der Waals surface area (Å²) in [5, 5.41) is 8.83. The third-order valence-electron chi connectivity index (χ3n) is 3.73. The van der Waals surface area contributed by atoms with Gasteiger partial charge in [-0.1, -0.05) is 11.6 Å². The Bertz CT molecular complexity index is 791. The van der Waals surface area contributed by atoms with Gasteiger partial charge in [0, 0.05) is 22.3 Å². The minimum absolute atomic E-state index is 0.208. The van der Waals surface area contributed by atoms with Crippen LogP contribution in [-0.4, -0.2) is 24.2 Å². The molecule has 7 heteroatoms. The number of nitrogens with one attached hydrogen (secondary N) is 3. The summed E-state index contributed by atoms with van der Waals surface area (Å²) in [5.74, 6) is -0.270. The highest BCUT2D eigenvalue weighted by Gasteiger charge is 2.23.